The van der Waals surface area contributed by atoms with Crippen LogP contribution in [0.5, 0.6) is 5.75 Å². The Balaban J connectivity index is 1.20. The normalized spacial score (nSPS) is 18.6. The van der Waals surface area contributed by atoms with E-state index in [1.165, 1.54) is 0 Å². The summed E-state index contributed by atoms with van der Waals surface area (Å²) in [6.07, 6.45) is 6.65. The van der Waals surface area contributed by atoms with E-state index in [2.05, 4.69) is 20.7 Å². The lowest BCUT2D eigenvalue weighted by Crippen LogP contribution is -2.59. The number of rotatable bonds is 8. The van der Waals surface area contributed by atoms with Gasteiger partial charge in [-0.15, -0.1) is 0 Å². The van der Waals surface area contributed by atoms with E-state index in [0.717, 1.165) is 63.1 Å². The number of urea groups is 1. The number of ether oxygens (including phenoxy) is 1. The van der Waals surface area contributed by atoms with E-state index in [1.807, 2.05) is 31.2 Å². The van der Waals surface area contributed by atoms with Crippen LogP contribution in [-0.2, 0) is 6.42 Å². The molecule has 0 spiro atoms. The first kappa shape index (κ1) is 20.0. The predicted octanol–water partition coefficient (Wildman–Crippen LogP) is 4.09. The van der Waals surface area contributed by atoms with Crippen molar-refractivity contribution in [3.8, 4) is 5.75 Å². The van der Waals surface area contributed by atoms with E-state index in [9.17, 15) is 4.79 Å². The monoisotopic (exact) mass is 418 g/mol. The molecule has 1 aromatic heterocycles. The van der Waals surface area contributed by atoms with Crippen LogP contribution in [0.15, 0.2) is 35.1 Å². The van der Waals surface area contributed by atoms with Crippen LogP contribution < -0.4 is 15.4 Å². The van der Waals surface area contributed by atoms with Crippen LogP contribution in [0.2, 0.25) is 5.02 Å². The summed E-state index contributed by atoms with van der Waals surface area (Å²) in [6.45, 7) is 4.76. The van der Waals surface area contributed by atoms with E-state index >= 15 is 0 Å². The Morgan fingerprint density at radius 2 is 2.10 bits per heavy atom. The Bertz CT molecular complexity index is 829. The van der Waals surface area contributed by atoms with Crippen molar-refractivity contribution in [3.63, 3.8) is 0 Å². The van der Waals surface area contributed by atoms with Gasteiger partial charge in [-0.05, 0) is 56.4 Å². The van der Waals surface area contributed by atoms with Crippen LogP contribution in [0.25, 0.3) is 0 Å². The number of nitrogens with zero attached hydrogens (tertiary/aromatic N) is 2. The lowest BCUT2D eigenvalue weighted by Gasteiger charge is -2.46. The highest BCUT2D eigenvalue weighted by Gasteiger charge is 2.40. The van der Waals surface area contributed by atoms with Crippen LogP contribution >= 0.6 is 11.6 Å². The average molecular weight is 419 g/mol. The summed E-state index contributed by atoms with van der Waals surface area (Å²) in [4.78, 5) is 14.8. The van der Waals surface area contributed by atoms with Gasteiger partial charge >= 0.3 is 6.03 Å². The molecule has 0 bridgehead atoms. The molecular weight excluding hydrogens is 392 g/mol. The van der Waals surface area contributed by atoms with Crippen LogP contribution in [0.1, 0.15) is 38.2 Å². The fourth-order valence-electron chi connectivity index (χ4n) is 3.89. The highest BCUT2D eigenvalue weighted by Crippen LogP contribution is 2.35. The fraction of sp³-hybridized carbons (Fsp3) is 0.524. The van der Waals surface area contributed by atoms with Gasteiger partial charge in [0, 0.05) is 35.8 Å². The Morgan fingerprint density at radius 3 is 2.76 bits per heavy atom. The molecule has 0 atom stereocenters. The molecule has 1 saturated carbocycles. The lowest BCUT2D eigenvalue weighted by atomic mass is 9.74. The van der Waals surface area contributed by atoms with Gasteiger partial charge in [0.25, 0.3) is 0 Å². The summed E-state index contributed by atoms with van der Waals surface area (Å²) in [7, 11) is 0. The number of halogens is 1. The molecule has 2 aromatic rings. The summed E-state index contributed by atoms with van der Waals surface area (Å²) in [6, 6.07) is 7.27. The smallest absolute Gasteiger partial charge is 0.320 e. The van der Waals surface area contributed by atoms with E-state index < -0.39 is 0 Å². The summed E-state index contributed by atoms with van der Waals surface area (Å²) in [5, 5.41) is 10.6. The van der Waals surface area contributed by atoms with Gasteiger partial charge in [0.15, 0.2) is 5.82 Å². The third-order valence-electron chi connectivity index (χ3n) is 5.89. The van der Waals surface area contributed by atoms with Crippen molar-refractivity contribution in [1.29, 1.82) is 0 Å². The van der Waals surface area contributed by atoms with Crippen molar-refractivity contribution in [3.05, 3.63) is 41.1 Å². The number of carbonyl (C=O) groups excluding carboxylic acids is 1. The number of benzene rings is 1. The van der Waals surface area contributed by atoms with Crippen LogP contribution in [0.3, 0.4) is 0 Å². The van der Waals surface area contributed by atoms with Gasteiger partial charge in [0.1, 0.15) is 18.1 Å². The Hall–Kier alpha value is -2.25. The molecule has 0 unspecified atom stereocenters. The number of hydrogen-bond donors (Lipinski definition) is 2. The largest absolute Gasteiger partial charge is 0.488 e. The molecule has 4 rings (SSSR count). The SMILES string of the molecule is CCc1conc1NC(=O)NC1(CCN2CC(Oc3ccc(Cl)cc3)C2)CCC1. The van der Waals surface area contributed by atoms with Gasteiger partial charge in [-0.2, -0.15) is 0 Å². The van der Waals surface area contributed by atoms with Crippen molar-refractivity contribution >= 4 is 23.4 Å². The predicted molar refractivity (Wildman–Crippen MR) is 112 cm³/mol. The first-order valence-electron chi connectivity index (χ1n) is 10.2. The fourth-order valence-corrected chi connectivity index (χ4v) is 4.02. The molecule has 2 heterocycles. The summed E-state index contributed by atoms with van der Waals surface area (Å²) < 4.78 is 10.9. The Kier molecular flexibility index (Phi) is 5.96. The number of aryl methyl sites for hydroxylation is 1. The van der Waals surface area contributed by atoms with Gasteiger partial charge in [0.2, 0.25) is 0 Å². The van der Waals surface area contributed by atoms with E-state index in [-0.39, 0.29) is 17.7 Å². The van der Waals surface area contributed by atoms with Gasteiger partial charge in [0.05, 0.1) is 0 Å². The third-order valence-corrected chi connectivity index (χ3v) is 6.14. The number of amides is 2. The zero-order valence-corrected chi connectivity index (χ0v) is 17.4. The van der Waals surface area contributed by atoms with Crippen molar-refractivity contribution in [2.24, 2.45) is 0 Å². The first-order valence-corrected chi connectivity index (χ1v) is 10.6. The van der Waals surface area contributed by atoms with Gasteiger partial charge in [-0.1, -0.05) is 23.7 Å². The molecule has 8 heteroatoms. The van der Waals surface area contributed by atoms with Crippen molar-refractivity contribution in [1.82, 2.24) is 15.4 Å². The second-order valence-electron chi connectivity index (χ2n) is 7.96. The zero-order valence-electron chi connectivity index (χ0n) is 16.6. The van der Waals surface area contributed by atoms with Crippen LogP contribution in [0, 0.1) is 0 Å². The number of anilines is 1. The minimum absolute atomic E-state index is 0.123. The molecule has 0 radical (unpaired) electrons. The van der Waals surface area contributed by atoms with E-state index in [1.54, 1.807) is 6.26 Å². The molecule has 7 nitrogen and oxygen atoms in total. The Labute approximate surface area is 175 Å². The number of aromatic nitrogens is 1. The maximum atomic E-state index is 12.4. The second-order valence-corrected chi connectivity index (χ2v) is 8.39. The van der Waals surface area contributed by atoms with E-state index in [4.69, 9.17) is 20.9 Å². The maximum absolute atomic E-state index is 12.4. The zero-order chi connectivity index (χ0) is 20.3. The highest BCUT2D eigenvalue weighted by atomic mass is 35.5. The second kappa shape index (κ2) is 8.63. The van der Waals surface area contributed by atoms with Crippen LogP contribution in [0.4, 0.5) is 10.6 Å². The van der Waals surface area contributed by atoms with Gasteiger partial charge in [-0.25, -0.2) is 4.79 Å². The minimum Gasteiger partial charge on any atom is -0.488 e. The number of hydrogen-bond acceptors (Lipinski definition) is 5. The van der Waals surface area contributed by atoms with Gasteiger partial charge < -0.3 is 14.6 Å². The van der Waals surface area contributed by atoms with Gasteiger partial charge in [-0.3, -0.25) is 10.2 Å². The molecule has 2 fully saturated rings. The summed E-state index contributed by atoms with van der Waals surface area (Å²) in [5.41, 5.74) is 0.776. The third kappa shape index (κ3) is 4.85. The highest BCUT2D eigenvalue weighted by molar-refractivity contribution is 6.30. The molecule has 1 aromatic carbocycles. The average Bonchev–Trinajstić information content (AvgIpc) is 3.09. The molecule has 156 valence electrons. The Morgan fingerprint density at radius 1 is 1.34 bits per heavy atom. The van der Waals surface area contributed by atoms with Crippen LogP contribution in [-0.4, -0.2) is 47.4 Å². The molecule has 1 aliphatic heterocycles. The van der Waals surface area contributed by atoms with Crippen molar-refractivity contribution in [2.75, 3.05) is 25.0 Å². The minimum atomic E-state index is -0.208. The molecule has 1 aliphatic carbocycles. The maximum Gasteiger partial charge on any atom is 0.320 e. The summed E-state index contributed by atoms with van der Waals surface area (Å²) in [5.74, 6) is 1.36. The standard InChI is InChI=1S/C21H27ClN4O3/c1-2-15-14-28-25-19(15)23-20(27)24-21(8-3-9-21)10-11-26-12-18(13-26)29-17-6-4-16(22)5-7-17/h4-7,14,18H,2-3,8-13H2,1H3,(H2,23,24,25,27). The molecule has 1 saturated heterocycles. The number of likely N-dealkylation sites (tertiary alicyclic amines) is 1. The topological polar surface area (TPSA) is 79.6 Å². The quantitative estimate of drug-likeness (QED) is 0.675. The molecular formula is C21H27ClN4O3. The van der Waals surface area contributed by atoms with E-state index in [0.29, 0.717) is 10.8 Å². The lowest BCUT2D eigenvalue weighted by molar-refractivity contribution is 0.0101. The first-order chi connectivity index (χ1) is 14.0. The number of carbonyl (C=O) groups is 1. The van der Waals surface area contributed by atoms with Crippen molar-refractivity contribution < 1.29 is 14.1 Å². The molecule has 2 aliphatic rings. The van der Waals surface area contributed by atoms with Crippen molar-refractivity contribution in [2.45, 2.75) is 50.7 Å². The molecule has 29 heavy (non-hydrogen) atoms. The molecule has 2 N–H and O–H groups in total. The summed E-state index contributed by atoms with van der Waals surface area (Å²) >= 11 is 5.91. The molecule has 2 amide bonds. The number of nitrogens with one attached hydrogen (secondary N) is 2.